The molecule has 0 bridgehead atoms. The van der Waals surface area contributed by atoms with Gasteiger partial charge in [-0.15, -0.1) is 0 Å². The van der Waals surface area contributed by atoms with E-state index in [9.17, 15) is 4.79 Å². The van der Waals surface area contributed by atoms with Gasteiger partial charge in [0, 0.05) is 12.1 Å². The molecule has 130 valence electrons. The number of benzene rings is 2. The Morgan fingerprint density at radius 3 is 1.76 bits per heavy atom. The van der Waals surface area contributed by atoms with Gasteiger partial charge in [0.05, 0.1) is 21.3 Å². The van der Waals surface area contributed by atoms with Crippen molar-refractivity contribution in [2.45, 2.75) is 20.8 Å². The minimum Gasteiger partial charge on any atom is -1.00 e. The molecular weight excluding hydrogens is 330 g/mol. The van der Waals surface area contributed by atoms with Crippen LogP contribution in [0.15, 0.2) is 24.3 Å². The Morgan fingerprint density at radius 2 is 1.36 bits per heavy atom. The number of ether oxygens (including phenoxy) is 3. The van der Waals surface area contributed by atoms with Gasteiger partial charge in [-0.3, -0.25) is 4.79 Å². The molecule has 4 nitrogen and oxygen atoms in total. The summed E-state index contributed by atoms with van der Waals surface area (Å²) in [7, 11) is 4.65. The Kier molecular flexibility index (Phi) is 8.02. The third-order valence-electron chi connectivity index (χ3n) is 3.86. The Balaban J connectivity index is 0.00000312. The molecule has 0 fully saturated rings. The fraction of sp³-hybridized carbons (Fsp3) is 0.316. The van der Waals surface area contributed by atoms with Crippen molar-refractivity contribution in [3.63, 3.8) is 0 Å². The van der Waals surface area contributed by atoms with E-state index in [1.165, 1.54) is 19.8 Å². The molecule has 25 heavy (non-hydrogen) atoms. The van der Waals surface area contributed by atoms with Crippen LogP contribution in [0.3, 0.4) is 0 Å². The van der Waals surface area contributed by atoms with Crippen LogP contribution in [0.1, 0.15) is 28.5 Å². The Hall–Kier alpha value is -1.46. The van der Waals surface area contributed by atoms with Crippen molar-refractivity contribution < 1.29 is 39.3 Å². The molecule has 0 aliphatic rings. The van der Waals surface area contributed by atoms with Crippen LogP contribution >= 0.6 is 8.58 Å². The molecule has 0 amide bonds. The molecule has 0 aliphatic carbocycles. The molecule has 0 N–H and O–H groups in total. The Labute approximate surface area is 164 Å². The fourth-order valence-corrected chi connectivity index (χ4v) is 3.92. The minimum absolute atomic E-state index is 0. The Morgan fingerprint density at radius 1 is 0.880 bits per heavy atom. The molecular formula is C19H24LiO4P. The van der Waals surface area contributed by atoms with Crippen LogP contribution in [-0.2, 0) is 0 Å². The monoisotopic (exact) mass is 354 g/mol. The van der Waals surface area contributed by atoms with Crippen LogP contribution in [-0.4, -0.2) is 26.9 Å². The molecule has 0 heterocycles. The van der Waals surface area contributed by atoms with E-state index >= 15 is 0 Å². The minimum atomic E-state index is -0.0126. The number of hydrogen-bond donors (Lipinski definition) is 0. The fourth-order valence-electron chi connectivity index (χ4n) is 2.78. The van der Waals surface area contributed by atoms with Crippen LogP contribution < -0.4 is 38.4 Å². The molecule has 2 aromatic carbocycles. The topological polar surface area (TPSA) is 44.8 Å². The van der Waals surface area contributed by atoms with Crippen molar-refractivity contribution in [1.82, 2.24) is 0 Å². The molecule has 0 aliphatic heterocycles. The van der Waals surface area contributed by atoms with E-state index in [0.717, 1.165) is 16.4 Å². The van der Waals surface area contributed by atoms with Gasteiger partial charge in [0.15, 0.2) is 5.52 Å². The average molecular weight is 354 g/mol. The van der Waals surface area contributed by atoms with Crippen LogP contribution in [0.2, 0.25) is 0 Å². The quantitative estimate of drug-likeness (QED) is 0.571. The van der Waals surface area contributed by atoms with Gasteiger partial charge in [-0.1, -0.05) is 17.7 Å². The summed E-state index contributed by atoms with van der Waals surface area (Å²) < 4.78 is 16.0. The van der Waals surface area contributed by atoms with Crippen LogP contribution in [0.4, 0.5) is 0 Å². The van der Waals surface area contributed by atoms with Gasteiger partial charge < -0.3 is 15.6 Å². The predicted molar refractivity (Wildman–Crippen MR) is 100 cm³/mol. The molecule has 2 rings (SSSR count). The second kappa shape index (κ2) is 9.29. The first kappa shape index (κ1) is 21.6. The van der Waals surface area contributed by atoms with Crippen molar-refractivity contribution in [2.24, 2.45) is 0 Å². The zero-order chi connectivity index (χ0) is 17.9. The molecule has 6 heteroatoms. The van der Waals surface area contributed by atoms with E-state index in [-0.39, 0.29) is 34.4 Å². The first-order valence-corrected chi connectivity index (χ1v) is 8.60. The van der Waals surface area contributed by atoms with Crippen molar-refractivity contribution in [3.8, 4) is 17.2 Å². The third kappa shape index (κ3) is 4.79. The smallest absolute Gasteiger partial charge is 1.00 e. The molecule has 2 aromatic rings. The molecule has 0 saturated carbocycles. The van der Waals surface area contributed by atoms with Crippen molar-refractivity contribution in [2.75, 3.05) is 21.3 Å². The van der Waals surface area contributed by atoms with Gasteiger partial charge >= 0.3 is 18.9 Å². The van der Waals surface area contributed by atoms with Gasteiger partial charge in [0.25, 0.3) is 0 Å². The van der Waals surface area contributed by atoms with Crippen molar-refractivity contribution >= 4 is 19.4 Å². The standard InChI is InChI=1S/C19H23O4P.Li.H/c1-11-7-12(2)18(13(3)8-11)24-19(20)17-15(22-5)9-14(21-4)10-16(17)23-6;;/h7-10,24H,1-6H3;;/q;+1;-1. The summed E-state index contributed by atoms with van der Waals surface area (Å²) in [5.74, 6) is 1.52. The van der Waals surface area contributed by atoms with E-state index in [1.54, 1.807) is 19.2 Å². The van der Waals surface area contributed by atoms with Crippen LogP contribution in [0.25, 0.3) is 0 Å². The molecule has 0 aromatic heterocycles. The number of carbonyl (C=O) groups is 1. The van der Waals surface area contributed by atoms with E-state index in [4.69, 9.17) is 14.2 Å². The summed E-state index contributed by atoms with van der Waals surface area (Å²) in [6, 6.07) is 7.61. The summed E-state index contributed by atoms with van der Waals surface area (Å²) in [6.07, 6.45) is 0. The number of methoxy groups -OCH3 is 3. The van der Waals surface area contributed by atoms with E-state index in [2.05, 4.69) is 19.1 Å². The molecule has 0 radical (unpaired) electrons. The van der Waals surface area contributed by atoms with Gasteiger partial charge in [-0.05, 0) is 45.8 Å². The van der Waals surface area contributed by atoms with Gasteiger partial charge in [0.1, 0.15) is 22.8 Å². The third-order valence-corrected chi connectivity index (χ3v) is 5.37. The number of rotatable bonds is 6. The maximum atomic E-state index is 13.0. The SMILES string of the molecule is COc1cc(OC)c(C(=O)Pc2c(C)cc(C)cc2C)c(OC)c1.[H-].[Li+]. The van der Waals surface area contributed by atoms with E-state index in [0.29, 0.717) is 22.8 Å². The number of aryl methyl sites for hydroxylation is 3. The zero-order valence-corrected chi connectivity index (χ0v) is 16.9. The first-order chi connectivity index (χ1) is 11.4. The summed E-state index contributed by atoms with van der Waals surface area (Å²) in [4.78, 5) is 13.0. The normalized spacial score (nSPS) is 10.5. The molecule has 1 atom stereocenters. The van der Waals surface area contributed by atoms with Crippen molar-refractivity contribution in [1.29, 1.82) is 0 Å². The summed E-state index contributed by atoms with van der Waals surface area (Å²) >= 11 is 0. The number of hydrogen-bond acceptors (Lipinski definition) is 4. The van der Waals surface area contributed by atoms with E-state index in [1.807, 2.05) is 13.8 Å². The first-order valence-electron chi connectivity index (χ1n) is 7.60. The maximum Gasteiger partial charge on any atom is 1.00 e. The molecule has 1 unspecified atom stereocenters. The van der Waals surface area contributed by atoms with Gasteiger partial charge in [-0.2, -0.15) is 0 Å². The van der Waals surface area contributed by atoms with Crippen molar-refractivity contribution in [3.05, 3.63) is 46.5 Å². The van der Waals surface area contributed by atoms with Gasteiger partial charge in [0.2, 0.25) is 0 Å². The second-order valence-corrected chi connectivity index (χ2v) is 6.84. The summed E-state index contributed by atoms with van der Waals surface area (Å²) in [5, 5.41) is 1.07. The summed E-state index contributed by atoms with van der Waals surface area (Å²) in [5.41, 5.74) is 3.90. The zero-order valence-electron chi connectivity index (χ0n) is 16.9. The van der Waals surface area contributed by atoms with Gasteiger partial charge in [-0.25, -0.2) is 0 Å². The second-order valence-electron chi connectivity index (χ2n) is 5.63. The summed E-state index contributed by atoms with van der Waals surface area (Å²) in [6.45, 7) is 6.14. The number of carbonyl (C=O) groups excluding carboxylic acids is 1. The maximum absolute atomic E-state index is 13.0. The Bertz CT molecular complexity index is 732. The molecule has 0 spiro atoms. The van der Waals surface area contributed by atoms with Crippen LogP contribution in [0.5, 0.6) is 17.2 Å². The predicted octanol–water partition coefficient (Wildman–Crippen LogP) is 0.898. The van der Waals surface area contributed by atoms with E-state index < -0.39 is 0 Å². The molecule has 0 saturated heterocycles. The average Bonchev–Trinajstić information content (AvgIpc) is 2.56. The van der Waals surface area contributed by atoms with Crippen LogP contribution in [0, 0.1) is 20.8 Å². The largest absolute Gasteiger partial charge is 1.00 e.